The summed E-state index contributed by atoms with van der Waals surface area (Å²) < 4.78 is 1.83. The van der Waals surface area contributed by atoms with Crippen LogP contribution in [-0.2, 0) is 11.2 Å². The quantitative estimate of drug-likeness (QED) is 0.853. The molecule has 2 N–H and O–H groups in total. The lowest BCUT2D eigenvalue weighted by Gasteiger charge is -2.14. The Morgan fingerprint density at radius 1 is 1.21 bits per heavy atom. The van der Waals surface area contributed by atoms with E-state index in [9.17, 15) is 14.7 Å². The maximum atomic E-state index is 12.3. The third kappa shape index (κ3) is 3.82. The number of carboxylic acids is 1. The van der Waals surface area contributed by atoms with Gasteiger partial charge < -0.3 is 10.4 Å². The number of carbonyl (C=O) groups is 2. The van der Waals surface area contributed by atoms with Crippen LogP contribution in [0.4, 0.5) is 0 Å². The van der Waals surface area contributed by atoms with Gasteiger partial charge in [-0.15, -0.1) is 0 Å². The number of amides is 1. The number of nitrogens with one attached hydrogen (secondary N) is 1. The molecule has 0 unspecified atom stereocenters. The van der Waals surface area contributed by atoms with Crippen LogP contribution in [0.2, 0.25) is 0 Å². The molecule has 3 rings (SSSR count). The summed E-state index contributed by atoms with van der Waals surface area (Å²) in [4.78, 5) is 23.8. The van der Waals surface area contributed by atoms with Crippen molar-refractivity contribution in [3.05, 3.63) is 53.9 Å². The highest BCUT2D eigenvalue weighted by atomic mass is 16.4. The summed E-state index contributed by atoms with van der Waals surface area (Å²) in [6, 6.07) is 10.3. The zero-order valence-corrected chi connectivity index (χ0v) is 13.4. The Hall–Kier alpha value is -2.63. The van der Waals surface area contributed by atoms with Crippen LogP contribution in [0.25, 0.3) is 0 Å². The van der Waals surface area contributed by atoms with E-state index < -0.39 is 17.9 Å². The van der Waals surface area contributed by atoms with E-state index in [0.29, 0.717) is 6.04 Å². The van der Waals surface area contributed by atoms with E-state index >= 15 is 0 Å². The molecule has 1 aromatic heterocycles. The number of hydrogen-bond acceptors (Lipinski definition) is 3. The number of aromatic nitrogens is 2. The van der Waals surface area contributed by atoms with Gasteiger partial charge in [-0.05, 0) is 24.5 Å². The van der Waals surface area contributed by atoms with Crippen LogP contribution in [0.15, 0.2) is 42.6 Å². The number of carboxylic acid groups (broad SMARTS) is 1. The molecule has 0 saturated heterocycles. The van der Waals surface area contributed by atoms with Gasteiger partial charge in [-0.3, -0.25) is 9.48 Å². The van der Waals surface area contributed by atoms with Gasteiger partial charge >= 0.3 is 5.97 Å². The molecular formula is C18H21N3O3. The van der Waals surface area contributed by atoms with Gasteiger partial charge in [0.1, 0.15) is 11.7 Å². The molecule has 1 saturated carbocycles. The van der Waals surface area contributed by atoms with Gasteiger partial charge in [-0.25, -0.2) is 4.79 Å². The predicted molar refractivity (Wildman–Crippen MR) is 88.8 cm³/mol. The molecule has 1 fully saturated rings. The third-order valence-electron chi connectivity index (χ3n) is 4.43. The van der Waals surface area contributed by atoms with Gasteiger partial charge in [0.15, 0.2) is 0 Å². The first-order chi connectivity index (χ1) is 11.6. The fraction of sp³-hybridized carbons (Fsp3) is 0.389. The maximum absolute atomic E-state index is 12.3. The van der Waals surface area contributed by atoms with E-state index in [2.05, 4.69) is 10.4 Å². The first kappa shape index (κ1) is 16.2. The molecule has 1 amide bonds. The summed E-state index contributed by atoms with van der Waals surface area (Å²) in [5, 5.41) is 16.3. The Morgan fingerprint density at radius 2 is 1.92 bits per heavy atom. The monoisotopic (exact) mass is 327 g/mol. The summed E-state index contributed by atoms with van der Waals surface area (Å²) in [6.45, 7) is 0. The number of rotatable bonds is 6. The molecule has 1 aliphatic rings. The summed E-state index contributed by atoms with van der Waals surface area (Å²) >= 11 is 0. The van der Waals surface area contributed by atoms with E-state index in [-0.39, 0.29) is 12.1 Å². The lowest BCUT2D eigenvalue weighted by atomic mass is 10.1. The average molecular weight is 327 g/mol. The Kier molecular flexibility index (Phi) is 4.93. The average Bonchev–Trinajstić information content (AvgIpc) is 3.26. The third-order valence-corrected chi connectivity index (χ3v) is 4.43. The summed E-state index contributed by atoms with van der Waals surface area (Å²) in [7, 11) is 0. The molecule has 0 spiro atoms. The van der Waals surface area contributed by atoms with Gasteiger partial charge in [-0.2, -0.15) is 5.10 Å². The topological polar surface area (TPSA) is 84.2 Å². The van der Waals surface area contributed by atoms with Crippen LogP contribution in [0.3, 0.4) is 0 Å². The zero-order chi connectivity index (χ0) is 16.9. The largest absolute Gasteiger partial charge is 0.480 e. The number of hydrogen-bond donors (Lipinski definition) is 2. The zero-order valence-electron chi connectivity index (χ0n) is 13.4. The van der Waals surface area contributed by atoms with Crippen LogP contribution in [0, 0.1) is 0 Å². The van der Waals surface area contributed by atoms with Gasteiger partial charge in [0.25, 0.3) is 5.91 Å². The van der Waals surface area contributed by atoms with Gasteiger partial charge in [0.05, 0.1) is 6.04 Å². The fourth-order valence-corrected chi connectivity index (χ4v) is 3.11. The van der Waals surface area contributed by atoms with E-state index in [0.717, 1.165) is 18.4 Å². The van der Waals surface area contributed by atoms with Crippen LogP contribution in [0.1, 0.15) is 47.8 Å². The Bertz CT molecular complexity index is 705. The standard InChI is InChI=1S/C18H21N3O3/c22-17(15-10-11-21(20-15)14-8-4-5-9-14)19-16(18(23)24)12-13-6-2-1-3-7-13/h1-3,6-7,10-11,14,16H,4-5,8-9,12H2,(H,19,22)(H,23,24)/t16-/m0/s1. The van der Waals surface area contributed by atoms with Gasteiger partial charge in [0, 0.05) is 12.6 Å². The number of nitrogens with zero attached hydrogens (tertiary/aromatic N) is 2. The van der Waals surface area contributed by atoms with Crippen molar-refractivity contribution in [2.24, 2.45) is 0 Å². The van der Waals surface area contributed by atoms with Crippen molar-refractivity contribution in [2.45, 2.75) is 44.2 Å². The lowest BCUT2D eigenvalue weighted by molar-refractivity contribution is -0.139. The summed E-state index contributed by atoms with van der Waals surface area (Å²) in [5.74, 6) is -1.50. The van der Waals surface area contributed by atoms with E-state index in [1.165, 1.54) is 12.8 Å². The molecule has 0 bridgehead atoms. The second-order valence-corrected chi connectivity index (χ2v) is 6.17. The maximum Gasteiger partial charge on any atom is 0.326 e. The fourth-order valence-electron chi connectivity index (χ4n) is 3.11. The second-order valence-electron chi connectivity index (χ2n) is 6.17. The van der Waals surface area contributed by atoms with Crippen LogP contribution >= 0.6 is 0 Å². The molecule has 0 radical (unpaired) electrons. The summed E-state index contributed by atoms with van der Waals surface area (Å²) in [5.41, 5.74) is 1.13. The van der Waals surface area contributed by atoms with Crippen molar-refractivity contribution in [3.63, 3.8) is 0 Å². The lowest BCUT2D eigenvalue weighted by Crippen LogP contribution is -2.42. The van der Waals surface area contributed by atoms with E-state index in [1.807, 2.05) is 35.0 Å². The molecule has 6 heteroatoms. The van der Waals surface area contributed by atoms with Crippen molar-refractivity contribution in [1.82, 2.24) is 15.1 Å². The predicted octanol–water partition coefficient (Wildman–Crippen LogP) is 2.42. The molecule has 1 aliphatic carbocycles. The molecule has 1 aromatic carbocycles. The summed E-state index contributed by atoms with van der Waals surface area (Å²) in [6.07, 6.45) is 6.57. The number of aliphatic carboxylic acids is 1. The molecule has 1 atom stereocenters. The first-order valence-corrected chi connectivity index (χ1v) is 8.26. The number of carbonyl (C=O) groups excluding carboxylic acids is 1. The Labute approximate surface area is 140 Å². The highest BCUT2D eigenvalue weighted by molar-refractivity contribution is 5.94. The van der Waals surface area contributed by atoms with Crippen molar-refractivity contribution < 1.29 is 14.7 Å². The molecule has 0 aliphatic heterocycles. The minimum Gasteiger partial charge on any atom is -0.480 e. The smallest absolute Gasteiger partial charge is 0.326 e. The van der Waals surface area contributed by atoms with Crippen LogP contribution < -0.4 is 5.32 Å². The Balaban J connectivity index is 1.66. The van der Waals surface area contributed by atoms with Gasteiger partial charge in [0.2, 0.25) is 0 Å². The minimum atomic E-state index is -1.05. The SMILES string of the molecule is O=C(N[C@@H](Cc1ccccc1)C(=O)O)c1ccn(C2CCCC2)n1. The first-order valence-electron chi connectivity index (χ1n) is 8.26. The van der Waals surface area contributed by atoms with Crippen molar-refractivity contribution >= 4 is 11.9 Å². The number of benzene rings is 1. The van der Waals surface area contributed by atoms with E-state index in [4.69, 9.17) is 0 Å². The van der Waals surface area contributed by atoms with Crippen LogP contribution in [0.5, 0.6) is 0 Å². The van der Waals surface area contributed by atoms with Gasteiger partial charge in [-0.1, -0.05) is 43.2 Å². The van der Waals surface area contributed by atoms with Crippen LogP contribution in [-0.4, -0.2) is 32.8 Å². The molecule has 1 heterocycles. The highest BCUT2D eigenvalue weighted by Gasteiger charge is 2.23. The van der Waals surface area contributed by atoms with E-state index in [1.54, 1.807) is 12.3 Å². The highest BCUT2D eigenvalue weighted by Crippen LogP contribution is 2.28. The molecule has 24 heavy (non-hydrogen) atoms. The second kappa shape index (κ2) is 7.29. The molecule has 6 nitrogen and oxygen atoms in total. The molecule has 126 valence electrons. The van der Waals surface area contributed by atoms with Crippen molar-refractivity contribution in [3.8, 4) is 0 Å². The normalized spacial score (nSPS) is 16.0. The van der Waals surface area contributed by atoms with Crippen molar-refractivity contribution in [2.75, 3.05) is 0 Å². The molecular weight excluding hydrogens is 306 g/mol. The Morgan fingerprint density at radius 3 is 2.58 bits per heavy atom. The minimum absolute atomic E-state index is 0.241. The molecule has 2 aromatic rings. The van der Waals surface area contributed by atoms with Crippen molar-refractivity contribution in [1.29, 1.82) is 0 Å².